The summed E-state index contributed by atoms with van der Waals surface area (Å²) in [6.07, 6.45) is 2.42. The third-order valence-corrected chi connectivity index (χ3v) is 5.22. The summed E-state index contributed by atoms with van der Waals surface area (Å²) in [6.45, 7) is 3.95. The Labute approximate surface area is 160 Å². The van der Waals surface area contributed by atoms with E-state index in [1.807, 2.05) is 26.2 Å². The highest BCUT2D eigenvalue weighted by Crippen LogP contribution is 2.24. The summed E-state index contributed by atoms with van der Waals surface area (Å²) in [7, 11) is -1.70. The second-order valence-electron chi connectivity index (χ2n) is 6.15. The van der Waals surface area contributed by atoms with E-state index in [2.05, 4.69) is 14.7 Å². The van der Waals surface area contributed by atoms with Crippen LogP contribution in [-0.4, -0.2) is 32.4 Å². The molecule has 2 rings (SSSR count). The maximum absolute atomic E-state index is 12.5. The molecule has 1 unspecified atom stereocenters. The second-order valence-corrected chi connectivity index (χ2v) is 8.19. The minimum Gasteiger partial charge on any atom is -0.368 e. The van der Waals surface area contributed by atoms with Gasteiger partial charge in [-0.05, 0) is 36.8 Å². The molecular formula is C17H23N5O2S2. The number of hydrogen-bond acceptors (Lipinski definition) is 7. The van der Waals surface area contributed by atoms with E-state index in [0.717, 1.165) is 10.6 Å². The van der Waals surface area contributed by atoms with Gasteiger partial charge in [-0.2, -0.15) is 0 Å². The molecule has 1 heterocycles. The van der Waals surface area contributed by atoms with E-state index in [1.54, 1.807) is 24.3 Å². The van der Waals surface area contributed by atoms with E-state index in [1.165, 1.54) is 11.8 Å². The molecule has 2 atom stereocenters. The van der Waals surface area contributed by atoms with Crippen LogP contribution < -0.4 is 16.2 Å². The largest absolute Gasteiger partial charge is 0.368 e. The summed E-state index contributed by atoms with van der Waals surface area (Å²) >= 11 is 1.46. The van der Waals surface area contributed by atoms with Gasteiger partial charge in [0.25, 0.3) is 0 Å². The molecular weight excluding hydrogens is 370 g/mol. The third kappa shape index (κ3) is 5.52. The predicted octanol–water partition coefficient (Wildman–Crippen LogP) is 1.96. The van der Waals surface area contributed by atoms with E-state index in [9.17, 15) is 9.00 Å². The zero-order chi connectivity index (χ0) is 19.3. The van der Waals surface area contributed by atoms with Crippen molar-refractivity contribution in [3.05, 3.63) is 30.3 Å². The van der Waals surface area contributed by atoms with Crippen LogP contribution in [0.25, 0.3) is 11.3 Å². The smallest absolute Gasteiger partial charge is 0.248 e. The molecule has 0 fully saturated rings. The van der Waals surface area contributed by atoms with Gasteiger partial charge in [0.05, 0.1) is 16.6 Å². The Bertz CT molecular complexity index is 813. The Morgan fingerprint density at radius 1 is 1.31 bits per heavy atom. The van der Waals surface area contributed by atoms with Crippen molar-refractivity contribution in [3.63, 3.8) is 0 Å². The van der Waals surface area contributed by atoms with Gasteiger partial charge in [0.2, 0.25) is 11.9 Å². The van der Waals surface area contributed by atoms with Crippen molar-refractivity contribution in [2.45, 2.75) is 36.2 Å². The van der Waals surface area contributed by atoms with Gasteiger partial charge in [0, 0.05) is 5.56 Å². The van der Waals surface area contributed by atoms with Crippen LogP contribution in [0, 0.1) is 5.92 Å². The SMILES string of the molecule is CSc1cc(-c2cccc(S(=O)NC(=O)[C@@H](N)CC(C)C)c2)nc(N)n1. The minimum atomic E-state index is -1.70. The summed E-state index contributed by atoms with van der Waals surface area (Å²) in [6, 6.07) is 8.08. The van der Waals surface area contributed by atoms with E-state index in [0.29, 0.717) is 17.0 Å². The molecule has 0 spiro atoms. The summed E-state index contributed by atoms with van der Waals surface area (Å²) in [5.74, 6) is 0.0195. The highest BCUT2D eigenvalue weighted by atomic mass is 32.2. The van der Waals surface area contributed by atoms with Crippen molar-refractivity contribution < 1.29 is 9.00 Å². The Kier molecular flexibility index (Phi) is 7.13. The number of amides is 1. The van der Waals surface area contributed by atoms with Gasteiger partial charge in [0.15, 0.2) is 11.0 Å². The number of hydrogen-bond donors (Lipinski definition) is 3. The number of carbonyl (C=O) groups is 1. The molecule has 0 saturated heterocycles. The fourth-order valence-corrected chi connectivity index (χ4v) is 3.61. The monoisotopic (exact) mass is 393 g/mol. The van der Waals surface area contributed by atoms with Crippen molar-refractivity contribution in [1.82, 2.24) is 14.7 Å². The molecule has 9 heteroatoms. The summed E-state index contributed by atoms with van der Waals surface area (Å²) in [5, 5.41) is 0.743. The molecule has 0 aliphatic carbocycles. The number of rotatable bonds is 7. The Hall–Kier alpha value is -1.97. The minimum absolute atomic E-state index is 0.173. The van der Waals surface area contributed by atoms with Crippen LogP contribution in [0.5, 0.6) is 0 Å². The lowest BCUT2D eigenvalue weighted by atomic mass is 10.0. The van der Waals surface area contributed by atoms with Gasteiger partial charge in [-0.1, -0.05) is 26.0 Å². The molecule has 5 N–H and O–H groups in total. The lowest BCUT2D eigenvalue weighted by Crippen LogP contribution is -2.42. The molecule has 7 nitrogen and oxygen atoms in total. The number of carbonyl (C=O) groups excluding carboxylic acids is 1. The number of aromatic nitrogens is 2. The van der Waals surface area contributed by atoms with Crippen LogP contribution in [-0.2, 0) is 15.8 Å². The molecule has 26 heavy (non-hydrogen) atoms. The second kappa shape index (κ2) is 9.11. The first-order chi connectivity index (χ1) is 12.3. The molecule has 1 amide bonds. The third-order valence-electron chi connectivity index (χ3n) is 3.53. The van der Waals surface area contributed by atoms with Gasteiger partial charge in [-0.3, -0.25) is 9.52 Å². The topological polar surface area (TPSA) is 124 Å². The first kappa shape index (κ1) is 20.3. The number of anilines is 1. The van der Waals surface area contributed by atoms with Gasteiger partial charge >= 0.3 is 0 Å². The lowest BCUT2D eigenvalue weighted by molar-refractivity contribution is -0.120. The zero-order valence-electron chi connectivity index (χ0n) is 14.9. The highest BCUT2D eigenvalue weighted by molar-refractivity contribution is 7.98. The van der Waals surface area contributed by atoms with E-state index in [-0.39, 0.29) is 11.9 Å². The average Bonchev–Trinajstić information content (AvgIpc) is 2.60. The number of benzene rings is 1. The van der Waals surface area contributed by atoms with Gasteiger partial charge in [-0.25, -0.2) is 14.2 Å². The van der Waals surface area contributed by atoms with Crippen LogP contribution in [0.15, 0.2) is 40.3 Å². The highest BCUT2D eigenvalue weighted by Gasteiger charge is 2.18. The molecule has 0 bridgehead atoms. The van der Waals surface area contributed by atoms with Crippen LogP contribution in [0.1, 0.15) is 20.3 Å². The first-order valence-corrected chi connectivity index (χ1v) is 10.4. The fraction of sp³-hybridized carbons (Fsp3) is 0.353. The Morgan fingerprint density at radius 3 is 2.69 bits per heavy atom. The number of nitrogens with zero attached hydrogens (tertiary/aromatic N) is 2. The standard InChI is InChI=1S/C17H23N5O2S2/c1-10(2)7-13(18)16(23)22-26(24)12-6-4-5-11(8-12)14-9-15(25-3)21-17(19)20-14/h4-6,8-10,13H,7,18H2,1-3H3,(H,22,23)(H2,19,20,21)/t13-,26?/m0/s1. The molecule has 1 aromatic heterocycles. The van der Waals surface area contributed by atoms with Crippen molar-refractivity contribution >= 4 is 34.6 Å². The normalized spacial score (nSPS) is 13.4. The van der Waals surface area contributed by atoms with Crippen LogP contribution in [0.2, 0.25) is 0 Å². The maximum Gasteiger partial charge on any atom is 0.248 e. The molecule has 0 saturated carbocycles. The van der Waals surface area contributed by atoms with Crippen LogP contribution >= 0.6 is 11.8 Å². The van der Waals surface area contributed by atoms with Gasteiger partial charge in [0.1, 0.15) is 5.03 Å². The number of nitrogens with two attached hydrogens (primary N) is 2. The molecule has 2 aromatic rings. The molecule has 140 valence electrons. The number of nitrogen functional groups attached to an aromatic ring is 1. The quantitative estimate of drug-likeness (QED) is 0.485. The van der Waals surface area contributed by atoms with Crippen molar-refractivity contribution in [1.29, 1.82) is 0 Å². The summed E-state index contributed by atoms with van der Waals surface area (Å²) in [5.41, 5.74) is 12.9. The van der Waals surface area contributed by atoms with Crippen LogP contribution in [0.4, 0.5) is 5.95 Å². The lowest BCUT2D eigenvalue weighted by Gasteiger charge is -2.14. The van der Waals surface area contributed by atoms with E-state index >= 15 is 0 Å². The van der Waals surface area contributed by atoms with Crippen molar-refractivity contribution in [3.8, 4) is 11.3 Å². The molecule has 0 aliphatic rings. The molecule has 0 aliphatic heterocycles. The fourth-order valence-electron chi connectivity index (χ4n) is 2.31. The van der Waals surface area contributed by atoms with Crippen molar-refractivity contribution in [2.24, 2.45) is 11.7 Å². The first-order valence-electron chi connectivity index (χ1n) is 8.07. The van der Waals surface area contributed by atoms with Crippen LogP contribution in [0.3, 0.4) is 0 Å². The summed E-state index contributed by atoms with van der Waals surface area (Å²) in [4.78, 5) is 20.9. The van der Waals surface area contributed by atoms with E-state index in [4.69, 9.17) is 11.5 Å². The number of thioether (sulfide) groups is 1. The van der Waals surface area contributed by atoms with E-state index < -0.39 is 22.9 Å². The zero-order valence-corrected chi connectivity index (χ0v) is 16.6. The van der Waals surface area contributed by atoms with Gasteiger partial charge in [-0.15, -0.1) is 11.8 Å². The Balaban J connectivity index is 2.20. The number of nitrogens with one attached hydrogen (secondary N) is 1. The van der Waals surface area contributed by atoms with Crippen molar-refractivity contribution in [2.75, 3.05) is 12.0 Å². The van der Waals surface area contributed by atoms with Gasteiger partial charge < -0.3 is 11.5 Å². The maximum atomic E-state index is 12.5. The Morgan fingerprint density at radius 2 is 2.04 bits per heavy atom. The summed E-state index contributed by atoms with van der Waals surface area (Å²) < 4.78 is 14.9. The average molecular weight is 394 g/mol. The molecule has 1 aromatic carbocycles. The predicted molar refractivity (Wildman–Crippen MR) is 106 cm³/mol. The molecule has 0 radical (unpaired) electrons.